The highest BCUT2D eigenvalue weighted by molar-refractivity contribution is 9.10. The topological polar surface area (TPSA) is 34.4 Å². The van der Waals surface area contributed by atoms with Gasteiger partial charge in [-0.05, 0) is 39.7 Å². The summed E-state index contributed by atoms with van der Waals surface area (Å²) in [6, 6.07) is 6.69. The molecule has 0 bridgehead atoms. The maximum absolute atomic E-state index is 12.4. The van der Waals surface area contributed by atoms with Crippen LogP contribution in [0.3, 0.4) is 0 Å². The van der Waals surface area contributed by atoms with Crippen molar-refractivity contribution >= 4 is 15.9 Å². The lowest BCUT2D eigenvalue weighted by atomic mass is 10.2. The van der Waals surface area contributed by atoms with E-state index in [4.69, 9.17) is 4.74 Å². The van der Waals surface area contributed by atoms with E-state index in [9.17, 15) is 18.3 Å². The normalized spacial score (nSPS) is 13.2. The Hall–Kier alpha value is -1.47. The van der Waals surface area contributed by atoms with E-state index in [1.165, 1.54) is 18.5 Å². The van der Waals surface area contributed by atoms with Gasteiger partial charge in [-0.25, -0.2) is 0 Å². The van der Waals surface area contributed by atoms with Crippen LogP contribution in [0.4, 0.5) is 13.2 Å². The van der Waals surface area contributed by atoms with E-state index >= 15 is 0 Å². The number of aromatic nitrogens is 1. The fraction of sp³-hybridized carbons (Fsp3) is 0.286. The minimum Gasteiger partial charge on any atom is -0.496 e. The first-order valence-electron chi connectivity index (χ1n) is 6.04. The largest absolute Gasteiger partial charge is 0.496 e. The lowest BCUT2D eigenvalue weighted by Crippen LogP contribution is -2.19. The van der Waals surface area contributed by atoms with Crippen LogP contribution in [0.2, 0.25) is 0 Å². The number of ether oxygens (including phenoxy) is 1. The summed E-state index contributed by atoms with van der Waals surface area (Å²) in [7, 11) is 1.55. The predicted octanol–water partition coefficient (Wildman–Crippen LogP) is 3.90. The SMILES string of the molecule is COc1ccc(Cn2ccc(C(O)C(F)(F)F)c2)cc1Br. The van der Waals surface area contributed by atoms with Gasteiger partial charge < -0.3 is 14.4 Å². The van der Waals surface area contributed by atoms with Gasteiger partial charge in [-0.1, -0.05) is 6.07 Å². The molecule has 7 heteroatoms. The van der Waals surface area contributed by atoms with E-state index in [0.29, 0.717) is 12.3 Å². The van der Waals surface area contributed by atoms with Crippen molar-refractivity contribution in [3.8, 4) is 5.75 Å². The summed E-state index contributed by atoms with van der Waals surface area (Å²) in [6.45, 7) is 0.396. The fourth-order valence-corrected chi connectivity index (χ4v) is 2.52. The number of nitrogens with zero attached hydrogens (tertiary/aromatic N) is 1. The Morgan fingerprint density at radius 1 is 1.33 bits per heavy atom. The quantitative estimate of drug-likeness (QED) is 0.893. The third kappa shape index (κ3) is 3.79. The molecule has 1 aromatic carbocycles. The zero-order chi connectivity index (χ0) is 15.6. The Bertz CT molecular complexity index is 625. The van der Waals surface area contributed by atoms with Gasteiger partial charge in [-0.15, -0.1) is 0 Å². The third-order valence-electron chi connectivity index (χ3n) is 2.98. The molecule has 2 aromatic rings. The predicted molar refractivity (Wildman–Crippen MR) is 75.2 cm³/mol. The second kappa shape index (κ2) is 6.11. The van der Waals surface area contributed by atoms with Crippen LogP contribution in [0, 0.1) is 0 Å². The third-order valence-corrected chi connectivity index (χ3v) is 3.60. The summed E-state index contributed by atoms with van der Waals surface area (Å²) in [5.74, 6) is 0.680. The summed E-state index contributed by atoms with van der Waals surface area (Å²) >= 11 is 3.35. The zero-order valence-corrected chi connectivity index (χ0v) is 12.6. The molecule has 0 saturated heterocycles. The molecule has 1 unspecified atom stereocenters. The zero-order valence-electron chi connectivity index (χ0n) is 11.1. The van der Waals surface area contributed by atoms with Crippen molar-refractivity contribution in [2.75, 3.05) is 7.11 Å². The highest BCUT2D eigenvalue weighted by Crippen LogP contribution is 2.32. The van der Waals surface area contributed by atoms with Crippen LogP contribution in [0.25, 0.3) is 0 Å². The first-order valence-corrected chi connectivity index (χ1v) is 6.83. The summed E-state index contributed by atoms with van der Waals surface area (Å²) in [5.41, 5.74) is 0.724. The highest BCUT2D eigenvalue weighted by Gasteiger charge is 2.39. The minimum absolute atomic E-state index is 0.171. The summed E-state index contributed by atoms with van der Waals surface area (Å²) in [6.07, 6.45) is -4.32. The summed E-state index contributed by atoms with van der Waals surface area (Å²) < 4.78 is 44.7. The highest BCUT2D eigenvalue weighted by atomic mass is 79.9. The van der Waals surface area contributed by atoms with E-state index in [0.717, 1.165) is 10.0 Å². The van der Waals surface area contributed by atoms with Crippen LogP contribution < -0.4 is 4.74 Å². The van der Waals surface area contributed by atoms with Gasteiger partial charge in [0.2, 0.25) is 0 Å². The number of methoxy groups -OCH3 is 1. The van der Waals surface area contributed by atoms with Gasteiger partial charge in [0.25, 0.3) is 0 Å². The number of alkyl halides is 3. The van der Waals surface area contributed by atoms with Crippen LogP contribution in [-0.2, 0) is 6.54 Å². The standard InChI is InChI=1S/C14H13BrF3NO2/c1-21-12-3-2-9(6-11(12)15)7-19-5-4-10(8-19)13(20)14(16,17)18/h2-6,8,13,20H,7H2,1H3. The van der Waals surface area contributed by atoms with Gasteiger partial charge >= 0.3 is 6.18 Å². The van der Waals surface area contributed by atoms with Gasteiger partial charge in [0.05, 0.1) is 11.6 Å². The van der Waals surface area contributed by atoms with Crippen molar-refractivity contribution in [1.29, 1.82) is 0 Å². The average molecular weight is 364 g/mol. The van der Waals surface area contributed by atoms with Gasteiger partial charge in [0.15, 0.2) is 6.10 Å². The van der Waals surface area contributed by atoms with Crippen molar-refractivity contribution in [2.45, 2.75) is 18.8 Å². The molecule has 1 N–H and O–H groups in total. The monoisotopic (exact) mass is 363 g/mol. The van der Waals surface area contributed by atoms with E-state index in [-0.39, 0.29) is 5.56 Å². The molecular formula is C14H13BrF3NO2. The number of hydrogen-bond acceptors (Lipinski definition) is 2. The Morgan fingerprint density at radius 2 is 2.05 bits per heavy atom. The molecule has 0 aliphatic carbocycles. The second-order valence-corrected chi connectivity index (χ2v) is 5.38. The van der Waals surface area contributed by atoms with E-state index in [2.05, 4.69) is 15.9 Å². The molecule has 0 spiro atoms. The molecule has 1 atom stereocenters. The first kappa shape index (κ1) is 15.9. The molecule has 0 fully saturated rings. The van der Waals surface area contributed by atoms with Crippen molar-refractivity contribution in [3.05, 3.63) is 52.3 Å². The van der Waals surface area contributed by atoms with E-state index < -0.39 is 12.3 Å². The maximum Gasteiger partial charge on any atom is 0.418 e. The molecule has 0 radical (unpaired) electrons. The van der Waals surface area contributed by atoms with Crippen molar-refractivity contribution < 1.29 is 23.0 Å². The van der Waals surface area contributed by atoms with Crippen molar-refractivity contribution in [1.82, 2.24) is 4.57 Å². The Morgan fingerprint density at radius 3 is 2.62 bits per heavy atom. The molecule has 3 nitrogen and oxygen atoms in total. The van der Waals surface area contributed by atoms with Crippen molar-refractivity contribution in [3.63, 3.8) is 0 Å². The Labute approximate surface area is 128 Å². The molecule has 0 amide bonds. The fourth-order valence-electron chi connectivity index (χ4n) is 1.93. The van der Waals surface area contributed by atoms with Crippen LogP contribution in [0.15, 0.2) is 41.1 Å². The van der Waals surface area contributed by atoms with Gasteiger partial charge in [0, 0.05) is 24.5 Å². The smallest absolute Gasteiger partial charge is 0.418 e. The van der Waals surface area contributed by atoms with E-state index in [1.54, 1.807) is 17.7 Å². The number of halogens is 4. The minimum atomic E-state index is -4.66. The number of rotatable bonds is 4. The van der Waals surface area contributed by atoms with Crippen LogP contribution >= 0.6 is 15.9 Å². The molecule has 21 heavy (non-hydrogen) atoms. The number of hydrogen-bond donors (Lipinski definition) is 1. The van der Waals surface area contributed by atoms with Crippen LogP contribution in [0.1, 0.15) is 17.2 Å². The van der Waals surface area contributed by atoms with Crippen molar-refractivity contribution in [2.24, 2.45) is 0 Å². The summed E-state index contributed by atoms with van der Waals surface area (Å²) in [4.78, 5) is 0. The van der Waals surface area contributed by atoms with Crippen LogP contribution in [-0.4, -0.2) is 23.0 Å². The molecule has 0 aliphatic rings. The van der Waals surface area contributed by atoms with Gasteiger partial charge in [-0.2, -0.15) is 13.2 Å². The molecule has 1 heterocycles. The summed E-state index contributed by atoms with van der Waals surface area (Å²) in [5, 5.41) is 9.19. The maximum atomic E-state index is 12.4. The lowest BCUT2D eigenvalue weighted by Gasteiger charge is -2.12. The molecule has 1 aromatic heterocycles. The molecular weight excluding hydrogens is 351 g/mol. The van der Waals surface area contributed by atoms with Gasteiger partial charge in [-0.3, -0.25) is 0 Å². The number of benzene rings is 1. The first-order chi connectivity index (χ1) is 9.81. The Kier molecular flexibility index (Phi) is 4.63. The average Bonchev–Trinajstić information content (AvgIpc) is 2.85. The molecule has 114 valence electrons. The number of aliphatic hydroxyl groups excluding tert-OH is 1. The number of aliphatic hydroxyl groups is 1. The molecule has 0 aliphatic heterocycles. The van der Waals surface area contributed by atoms with Crippen LogP contribution in [0.5, 0.6) is 5.75 Å². The molecule has 2 rings (SSSR count). The Balaban J connectivity index is 2.14. The molecule has 0 saturated carbocycles. The second-order valence-electron chi connectivity index (χ2n) is 4.53. The van der Waals surface area contributed by atoms with E-state index in [1.807, 2.05) is 12.1 Å². The lowest BCUT2D eigenvalue weighted by molar-refractivity contribution is -0.206. The van der Waals surface area contributed by atoms with Gasteiger partial charge in [0.1, 0.15) is 5.75 Å².